The first-order valence-electron chi connectivity index (χ1n) is 9.79. The fourth-order valence-electron chi connectivity index (χ4n) is 3.47. The molecular formula is C20H33N3O3. The molecule has 1 fully saturated rings. The van der Waals surface area contributed by atoms with Gasteiger partial charge in [0.15, 0.2) is 0 Å². The maximum Gasteiger partial charge on any atom is 0.303 e. The fourth-order valence-corrected chi connectivity index (χ4v) is 3.47. The molecule has 146 valence electrons. The van der Waals surface area contributed by atoms with E-state index < -0.39 is 5.97 Å². The van der Waals surface area contributed by atoms with Crippen molar-refractivity contribution in [1.82, 2.24) is 9.97 Å². The van der Waals surface area contributed by atoms with E-state index in [-0.39, 0.29) is 17.9 Å². The van der Waals surface area contributed by atoms with Gasteiger partial charge in [0.2, 0.25) is 0 Å². The average Bonchev–Trinajstić information content (AvgIpc) is 3.09. The highest BCUT2D eigenvalue weighted by Crippen LogP contribution is 2.29. The van der Waals surface area contributed by atoms with Crippen LogP contribution in [-0.4, -0.2) is 32.9 Å². The van der Waals surface area contributed by atoms with Crippen molar-refractivity contribution >= 4 is 11.7 Å². The molecule has 0 radical (unpaired) electrons. The van der Waals surface area contributed by atoms with Crippen LogP contribution in [0.1, 0.15) is 78.0 Å². The van der Waals surface area contributed by atoms with Gasteiger partial charge in [-0.1, -0.05) is 45.2 Å². The Morgan fingerprint density at radius 2 is 2.12 bits per heavy atom. The molecule has 1 unspecified atom stereocenters. The molecule has 2 rings (SSSR count). The number of aromatic amines is 1. The molecular weight excluding hydrogens is 330 g/mol. The number of carboxylic acid groups (broad SMARTS) is 1. The summed E-state index contributed by atoms with van der Waals surface area (Å²) in [5.74, 6) is 0.603. The van der Waals surface area contributed by atoms with Crippen LogP contribution in [-0.2, 0) is 16.1 Å². The summed E-state index contributed by atoms with van der Waals surface area (Å²) in [4.78, 5) is 24.3. The lowest BCUT2D eigenvalue weighted by atomic mass is 9.84. The SMILES string of the molecule is CC(C)(C)C(CCCC(=O)O)ON=C(Cc1ncc[nH]1)C1CCCCC1. The van der Waals surface area contributed by atoms with Crippen molar-refractivity contribution in [1.29, 1.82) is 0 Å². The third kappa shape index (κ3) is 6.81. The number of carbonyl (C=O) groups is 1. The molecule has 2 N–H and O–H groups in total. The van der Waals surface area contributed by atoms with Crippen LogP contribution < -0.4 is 0 Å². The molecule has 6 nitrogen and oxygen atoms in total. The van der Waals surface area contributed by atoms with E-state index in [9.17, 15) is 4.79 Å². The van der Waals surface area contributed by atoms with Crippen molar-refractivity contribution < 1.29 is 14.7 Å². The minimum Gasteiger partial charge on any atom is -0.481 e. The molecule has 1 aromatic rings. The van der Waals surface area contributed by atoms with Crippen molar-refractivity contribution in [3.63, 3.8) is 0 Å². The second-order valence-corrected chi connectivity index (χ2v) is 8.38. The number of imidazole rings is 1. The van der Waals surface area contributed by atoms with Gasteiger partial charge in [0.1, 0.15) is 11.9 Å². The molecule has 0 amide bonds. The van der Waals surface area contributed by atoms with Crippen molar-refractivity contribution in [2.75, 3.05) is 0 Å². The Bertz CT molecular complexity index is 570. The van der Waals surface area contributed by atoms with Crippen LogP contribution >= 0.6 is 0 Å². The Hall–Kier alpha value is -1.85. The predicted octanol–water partition coefficient (Wildman–Crippen LogP) is 4.57. The molecule has 0 saturated heterocycles. The summed E-state index contributed by atoms with van der Waals surface area (Å²) in [5.41, 5.74) is 0.969. The number of nitrogens with one attached hydrogen (secondary N) is 1. The van der Waals surface area contributed by atoms with E-state index in [1.807, 2.05) is 6.20 Å². The summed E-state index contributed by atoms with van der Waals surface area (Å²) in [5, 5.41) is 13.5. The van der Waals surface area contributed by atoms with Gasteiger partial charge in [-0.15, -0.1) is 0 Å². The van der Waals surface area contributed by atoms with Crippen LogP contribution in [0.15, 0.2) is 17.5 Å². The standard InChI is InChI=1S/C20H33N3O3/c1-20(2,3)17(10-7-11-19(24)25)26-23-16(14-18-21-12-13-22-18)15-8-5-4-6-9-15/h12-13,15,17H,4-11,14H2,1-3H3,(H,21,22)(H,24,25). The molecule has 1 atom stereocenters. The van der Waals surface area contributed by atoms with Gasteiger partial charge in [0.05, 0.1) is 5.71 Å². The van der Waals surface area contributed by atoms with Crippen molar-refractivity contribution in [3.8, 4) is 0 Å². The molecule has 0 aliphatic heterocycles. The van der Waals surface area contributed by atoms with Gasteiger partial charge < -0.3 is 14.9 Å². The zero-order chi connectivity index (χ0) is 19.0. The maximum atomic E-state index is 10.8. The third-order valence-electron chi connectivity index (χ3n) is 5.10. The highest BCUT2D eigenvalue weighted by atomic mass is 16.6. The van der Waals surface area contributed by atoms with Crippen LogP contribution in [0.3, 0.4) is 0 Å². The first-order chi connectivity index (χ1) is 12.4. The summed E-state index contributed by atoms with van der Waals surface area (Å²) >= 11 is 0. The lowest BCUT2D eigenvalue weighted by Crippen LogP contribution is -2.29. The molecule has 1 aromatic heterocycles. The van der Waals surface area contributed by atoms with Gasteiger partial charge in [-0.3, -0.25) is 4.79 Å². The van der Waals surface area contributed by atoms with E-state index >= 15 is 0 Å². The van der Waals surface area contributed by atoms with E-state index in [1.165, 1.54) is 19.3 Å². The summed E-state index contributed by atoms with van der Waals surface area (Å²) in [6.45, 7) is 6.34. The highest BCUT2D eigenvalue weighted by molar-refractivity contribution is 5.87. The first-order valence-corrected chi connectivity index (χ1v) is 9.79. The van der Waals surface area contributed by atoms with Gasteiger partial charge in [-0.2, -0.15) is 0 Å². The van der Waals surface area contributed by atoms with Crippen LogP contribution in [0.25, 0.3) is 0 Å². The molecule has 0 spiro atoms. The monoisotopic (exact) mass is 363 g/mol. The van der Waals surface area contributed by atoms with Crippen molar-refractivity contribution in [3.05, 3.63) is 18.2 Å². The van der Waals surface area contributed by atoms with Gasteiger partial charge >= 0.3 is 5.97 Å². The zero-order valence-corrected chi connectivity index (χ0v) is 16.3. The minimum absolute atomic E-state index is 0.0929. The van der Waals surface area contributed by atoms with Crippen molar-refractivity contribution in [2.45, 2.75) is 84.7 Å². The quantitative estimate of drug-likeness (QED) is 0.497. The number of oxime groups is 1. The molecule has 1 aliphatic carbocycles. The molecule has 0 bridgehead atoms. The second kappa shape index (κ2) is 9.74. The molecule has 1 saturated carbocycles. The molecule has 1 heterocycles. The number of nitrogens with zero attached hydrogens (tertiary/aromatic N) is 2. The zero-order valence-electron chi connectivity index (χ0n) is 16.3. The number of carboxylic acids is 1. The Morgan fingerprint density at radius 3 is 2.69 bits per heavy atom. The summed E-state index contributed by atoms with van der Waals surface area (Å²) in [6.07, 6.45) is 11.7. The van der Waals surface area contributed by atoms with Crippen LogP contribution in [0.2, 0.25) is 0 Å². The molecule has 0 aromatic carbocycles. The number of aromatic nitrogens is 2. The van der Waals surface area contributed by atoms with Crippen LogP contribution in [0.4, 0.5) is 0 Å². The Balaban J connectivity index is 2.07. The normalized spacial score (nSPS) is 17.9. The lowest BCUT2D eigenvalue weighted by molar-refractivity contribution is -0.137. The molecule has 1 aliphatic rings. The number of rotatable bonds is 9. The van der Waals surface area contributed by atoms with Crippen LogP contribution in [0.5, 0.6) is 0 Å². The number of H-pyrrole nitrogens is 1. The van der Waals surface area contributed by atoms with Gasteiger partial charge in [-0.05, 0) is 25.7 Å². The number of hydrogen-bond donors (Lipinski definition) is 2. The van der Waals surface area contributed by atoms with E-state index in [1.54, 1.807) is 6.20 Å². The third-order valence-corrected chi connectivity index (χ3v) is 5.10. The maximum absolute atomic E-state index is 10.8. The van der Waals surface area contributed by atoms with E-state index in [0.717, 1.165) is 24.4 Å². The molecule has 6 heteroatoms. The van der Waals surface area contributed by atoms with E-state index in [0.29, 0.717) is 25.2 Å². The van der Waals surface area contributed by atoms with E-state index in [2.05, 4.69) is 35.9 Å². The Kier molecular flexibility index (Phi) is 7.66. The van der Waals surface area contributed by atoms with Gasteiger partial charge in [-0.25, -0.2) is 4.98 Å². The van der Waals surface area contributed by atoms with Gasteiger partial charge in [0.25, 0.3) is 0 Å². The number of aliphatic carboxylic acids is 1. The topological polar surface area (TPSA) is 87.6 Å². The van der Waals surface area contributed by atoms with E-state index in [4.69, 9.17) is 9.94 Å². The molecule has 26 heavy (non-hydrogen) atoms. The number of hydrogen-bond acceptors (Lipinski definition) is 4. The Labute approximate surface area is 156 Å². The summed E-state index contributed by atoms with van der Waals surface area (Å²) in [7, 11) is 0. The van der Waals surface area contributed by atoms with Crippen molar-refractivity contribution in [2.24, 2.45) is 16.5 Å². The van der Waals surface area contributed by atoms with Gasteiger partial charge in [0, 0.05) is 36.6 Å². The average molecular weight is 364 g/mol. The smallest absolute Gasteiger partial charge is 0.303 e. The summed E-state index contributed by atoms with van der Waals surface area (Å²) < 4.78 is 0. The highest BCUT2D eigenvalue weighted by Gasteiger charge is 2.28. The predicted molar refractivity (Wildman–Crippen MR) is 102 cm³/mol. The summed E-state index contributed by atoms with van der Waals surface area (Å²) in [6, 6.07) is 0. The van der Waals surface area contributed by atoms with Crippen LogP contribution in [0, 0.1) is 11.3 Å². The Morgan fingerprint density at radius 1 is 1.38 bits per heavy atom. The fraction of sp³-hybridized carbons (Fsp3) is 0.750. The minimum atomic E-state index is -0.762. The second-order valence-electron chi connectivity index (χ2n) is 8.38. The largest absolute Gasteiger partial charge is 0.481 e. The first kappa shape index (κ1) is 20.5. The lowest BCUT2D eigenvalue weighted by Gasteiger charge is -2.30.